The molecule has 5 nitrogen and oxygen atoms in total. The van der Waals surface area contributed by atoms with E-state index >= 15 is 0 Å². The van der Waals surface area contributed by atoms with Crippen LogP contribution in [0.25, 0.3) is 0 Å². The van der Waals surface area contributed by atoms with Crippen LogP contribution < -0.4 is 9.46 Å². The van der Waals surface area contributed by atoms with Gasteiger partial charge in [-0.15, -0.1) is 0 Å². The first kappa shape index (κ1) is 20.1. The summed E-state index contributed by atoms with van der Waals surface area (Å²) >= 11 is 11.7. The van der Waals surface area contributed by atoms with E-state index in [1.165, 1.54) is 18.2 Å². The molecular formula is C17H16Cl2F2N2O3S. The number of nitrogens with zero attached hydrogens (tertiary/aromatic N) is 1. The SMILES string of the molecule is CN1CCC(Oc2cc(NS(=O)(=O)c3cc(Cl)c(F)cc3F)ccc2Cl)C1. The molecule has 1 heterocycles. The number of likely N-dealkylation sites (tertiary alicyclic amines) is 1. The molecule has 1 fully saturated rings. The van der Waals surface area contributed by atoms with Gasteiger partial charge in [0.15, 0.2) is 0 Å². The average Bonchev–Trinajstić information content (AvgIpc) is 2.98. The predicted molar refractivity (Wildman–Crippen MR) is 100 cm³/mol. The van der Waals surface area contributed by atoms with Crippen molar-refractivity contribution in [2.45, 2.75) is 17.4 Å². The van der Waals surface area contributed by atoms with Crippen LogP contribution in [0, 0.1) is 11.6 Å². The minimum absolute atomic E-state index is 0.0623. The van der Waals surface area contributed by atoms with Gasteiger partial charge >= 0.3 is 0 Å². The molecule has 0 aliphatic carbocycles. The second kappa shape index (κ2) is 7.79. The Morgan fingerprint density at radius 2 is 1.89 bits per heavy atom. The molecular weight excluding hydrogens is 421 g/mol. The maximum atomic E-state index is 13.9. The van der Waals surface area contributed by atoms with Gasteiger partial charge < -0.3 is 9.64 Å². The van der Waals surface area contributed by atoms with Gasteiger partial charge in [0.25, 0.3) is 10.0 Å². The molecule has 1 atom stereocenters. The molecule has 10 heteroatoms. The van der Waals surface area contributed by atoms with E-state index in [4.69, 9.17) is 27.9 Å². The summed E-state index contributed by atoms with van der Waals surface area (Å²) in [5.74, 6) is -1.98. The zero-order valence-corrected chi connectivity index (χ0v) is 16.5. The van der Waals surface area contributed by atoms with E-state index in [0.717, 1.165) is 25.6 Å². The highest BCUT2D eigenvalue weighted by atomic mass is 35.5. The summed E-state index contributed by atoms with van der Waals surface area (Å²) in [4.78, 5) is 1.34. The summed E-state index contributed by atoms with van der Waals surface area (Å²) in [5.41, 5.74) is 0.126. The van der Waals surface area contributed by atoms with Crippen molar-refractivity contribution < 1.29 is 21.9 Å². The fourth-order valence-corrected chi connectivity index (χ4v) is 4.27. The number of anilines is 1. The van der Waals surface area contributed by atoms with E-state index in [0.29, 0.717) is 16.8 Å². The van der Waals surface area contributed by atoms with Crippen molar-refractivity contribution in [2.24, 2.45) is 0 Å². The molecule has 3 rings (SSSR count). The van der Waals surface area contributed by atoms with Crippen LogP contribution in [-0.4, -0.2) is 39.6 Å². The molecule has 1 N–H and O–H groups in total. The van der Waals surface area contributed by atoms with Crippen LogP contribution in [-0.2, 0) is 10.0 Å². The number of hydrogen-bond donors (Lipinski definition) is 1. The van der Waals surface area contributed by atoms with Crippen molar-refractivity contribution in [3.63, 3.8) is 0 Å². The van der Waals surface area contributed by atoms with E-state index in [1.807, 2.05) is 7.05 Å². The zero-order valence-electron chi connectivity index (χ0n) is 14.2. The smallest absolute Gasteiger partial charge is 0.264 e. The maximum Gasteiger partial charge on any atom is 0.264 e. The molecule has 0 radical (unpaired) electrons. The van der Waals surface area contributed by atoms with Gasteiger partial charge in [-0.25, -0.2) is 17.2 Å². The minimum atomic E-state index is -4.33. The molecule has 0 aromatic heterocycles. The fraction of sp³-hybridized carbons (Fsp3) is 0.294. The first-order valence-corrected chi connectivity index (χ1v) is 10.2. The molecule has 27 heavy (non-hydrogen) atoms. The van der Waals surface area contributed by atoms with E-state index in [-0.39, 0.29) is 11.8 Å². The van der Waals surface area contributed by atoms with E-state index in [1.54, 1.807) is 0 Å². The molecule has 146 valence electrons. The number of rotatable bonds is 5. The topological polar surface area (TPSA) is 58.6 Å². The van der Waals surface area contributed by atoms with E-state index < -0.39 is 31.6 Å². The van der Waals surface area contributed by atoms with Crippen LogP contribution in [0.5, 0.6) is 5.75 Å². The van der Waals surface area contributed by atoms with Gasteiger partial charge in [-0.3, -0.25) is 4.72 Å². The normalized spacial score (nSPS) is 17.9. The lowest BCUT2D eigenvalue weighted by molar-refractivity contribution is 0.208. The zero-order chi connectivity index (χ0) is 19.8. The number of sulfonamides is 1. The Morgan fingerprint density at radius 3 is 2.56 bits per heavy atom. The highest BCUT2D eigenvalue weighted by molar-refractivity contribution is 7.92. The second-order valence-electron chi connectivity index (χ2n) is 6.24. The number of halogens is 4. The lowest BCUT2D eigenvalue weighted by Gasteiger charge is -2.16. The Bertz CT molecular complexity index is 973. The quantitative estimate of drug-likeness (QED) is 0.714. The standard InChI is InChI=1S/C17H16Cl2F2N2O3S/c1-23-5-4-11(9-23)26-16-6-10(2-3-12(16)18)22-27(24,25)17-7-13(19)14(20)8-15(17)21/h2-3,6-8,11,22H,4-5,9H2,1H3. The lowest BCUT2D eigenvalue weighted by Crippen LogP contribution is -2.21. The number of benzene rings is 2. The molecule has 1 unspecified atom stereocenters. The largest absolute Gasteiger partial charge is 0.487 e. The molecule has 0 spiro atoms. The van der Waals surface area contributed by atoms with Crippen molar-refractivity contribution in [2.75, 3.05) is 24.9 Å². The highest BCUT2D eigenvalue weighted by Crippen LogP contribution is 2.32. The van der Waals surface area contributed by atoms with Gasteiger partial charge in [0.05, 0.1) is 15.7 Å². The van der Waals surface area contributed by atoms with Gasteiger partial charge in [-0.05, 0) is 31.7 Å². The Hall–Kier alpha value is -1.61. The molecule has 1 aliphatic rings. The van der Waals surface area contributed by atoms with Crippen LogP contribution in [0.4, 0.5) is 14.5 Å². The molecule has 1 saturated heterocycles. The number of likely N-dealkylation sites (N-methyl/N-ethyl adjacent to an activating group) is 1. The Balaban J connectivity index is 1.85. The molecule has 0 saturated carbocycles. The van der Waals surface area contributed by atoms with E-state index in [2.05, 4.69) is 9.62 Å². The summed E-state index contributed by atoms with van der Waals surface area (Å²) in [6, 6.07) is 5.44. The second-order valence-corrected chi connectivity index (χ2v) is 8.70. The molecule has 1 aliphatic heterocycles. The van der Waals surface area contributed by atoms with Crippen molar-refractivity contribution in [3.05, 3.63) is 52.0 Å². The average molecular weight is 437 g/mol. The van der Waals surface area contributed by atoms with Crippen LogP contribution in [0.2, 0.25) is 10.0 Å². The third kappa shape index (κ3) is 4.63. The Kier molecular flexibility index (Phi) is 5.81. The Labute approximate surface area is 165 Å². The monoisotopic (exact) mass is 436 g/mol. The summed E-state index contributed by atoms with van der Waals surface area (Å²) in [6.07, 6.45) is 0.759. The van der Waals surface area contributed by atoms with Gasteiger partial charge in [0.2, 0.25) is 0 Å². The van der Waals surface area contributed by atoms with E-state index in [9.17, 15) is 17.2 Å². The fourth-order valence-electron chi connectivity index (χ4n) is 2.75. The van der Waals surface area contributed by atoms with Crippen molar-refractivity contribution >= 4 is 38.9 Å². The van der Waals surface area contributed by atoms with Crippen LogP contribution in [0.3, 0.4) is 0 Å². The van der Waals surface area contributed by atoms with Crippen LogP contribution in [0.15, 0.2) is 35.2 Å². The summed E-state index contributed by atoms with van der Waals surface area (Å²) < 4.78 is 60.2. The first-order valence-electron chi connectivity index (χ1n) is 7.98. The minimum Gasteiger partial charge on any atom is -0.487 e. The van der Waals surface area contributed by atoms with Crippen molar-refractivity contribution in [1.29, 1.82) is 0 Å². The molecule has 2 aromatic rings. The Morgan fingerprint density at radius 1 is 1.15 bits per heavy atom. The van der Waals surface area contributed by atoms with Crippen molar-refractivity contribution in [3.8, 4) is 5.75 Å². The summed E-state index contributed by atoms with van der Waals surface area (Å²) in [7, 11) is -2.36. The molecule has 2 aromatic carbocycles. The van der Waals surface area contributed by atoms with Gasteiger partial charge in [0.1, 0.15) is 28.4 Å². The number of ether oxygens (including phenoxy) is 1. The third-order valence-electron chi connectivity index (χ3n) is 4.09. The molecule has 0 bridgehead atoms. The van der Waals surface area contributed by atoms with Gasteiger partial charge in [0, 0.05) is 25.2 Å². The highest BCUT2D eigenvalue weighted by Gasteiger charge is 2.24. The van der Waals surface area contributed by atoms with Crippen molar-refractivity contribution in [1.82, 2.24) is 4.90 Å². The molecule has 0 amide bonds. The predicted octanol–water partition coefficient (Wildman–Crippen LogP) is 4.16. The summed E-state index contributed by atoms with van der Waals surface area (Å²) in [5, 5.41) is -0.175. The van der Waals surface area contributed by atoms with Gasteiger partial charge in [-0.2, -0.15) is 0 Å². The number of nitrogens with one attached hydrogen (secondary N) is 1. The van der Waals surface area contributed by atoms with Gasteiger partial charge in [-0.1, -0.05) is 23.2 Å². The van der Waals surface area contributed by atoms with Crippen LogP contribution in [0.1, 0.15) is 6.42 Å². The number of hydrogen-bond acceptors (Lipinski definition) is 4. The summed E-state index contributed by atoms with van der Waals surface area (Å²) in [6.45, 7) is 1.62. The first-order chi connectivity index (χ1) is 12.7. The lowest BCUT2D eigenvalue weighted by atomic mass is 10.3. The van der Waals surface area contributed by atoms with Crippen LogP contribution >= 0.6 is 23.2 Å². The third-order valence-corrected chi connectivity index (χ3v) is 6.09. The maximum absolute atomic E-state index is 13.9.